The third-order valence-corrected chi connectivity index (χ3v) is 5.59. The molecule has 2 bridgehead atoms. The molecule has 3 fully saturated rings. The molecule has 2 aromatic rings. The molecule has 2 aliphatic heterocycles. The van der Waals surface area contributed by atoms with Crippen molar-refractivity contribution >= 4 is 5.91 Å². The van der Waals surface area contributed by atoms with E-state index in [0.717, 1.165) is 41.9 Å². The largest absolute Gasteiger partial charge is 0.332 e. The Labute approximate surface area is 148 Å². The lowest BCUT2D eigenvalue weighted by Crippen LogP contribution is -2.60. The lowest BCUT2D eigenvalue weighted by molar-refractivity contribution is 0.0245. The normalized spacial score (nSPS) is 25.2. The SMILES string of the molecule is Cc1ccc(-c2ncccc2C)c(C(=O)N2CC3CCC2C(N)C3)n1. The third kappa shape index (κ3) is 2.82. The van der Waals surface area contributed by atoms with Crippen molar-refractivity contribution in [2.75, 3.05) is 6.54 Å². The molecule has 0 radical (unpaired) electrons. The number of carbonyl (C=O) groups is 1. The zero-order valence-corrected chi connectivity index (χ0v) is 14.8. The monoisotopic (exact) mass is 336 g/mol. The highest BCUT2D eigenvalue weighted by atomic mass is 16.2. The zero-order chi connectivity index (χ0) is 17.6. The van der Waals surface area contributed by atoms with Gasteiger partial charge in [0.05, 0.1) is 5.69 Å². The zero-order valence-electron chi connectivity index (χ0n) is 14.8. The van der Waals surface area contributed by atoms with Gasteiger partial charge in [0.2, 0.25) is 0 Å². The number of aryl methyl sites for hydroxylation is 2. The predicted octanol–water partition coefficient (Wildman–Crippen LogP) is 2.71. The molecule has 1 saturated carbocycles. The third-order valence-electron chi connectivity index (χ3n) is 5.59. The van der Waals surface area contributed by atoms with E-state index in [0.29, 0.717) is 11.6 Å². The number of carbonyl (C=O) groups excluding carboxylic acids is 1. The van der Waals surface area contributed by atoms with Gasteiger partial charge < -0.3 is 10.6 Å². The lowest BCUT2D eigenvalue weighted by Gasteiger charge is -2.48. The van der Waals surface area contributed by atoms with Crippen molar-refractivity contribution in [1.82, 2.24) is 14.9 Å². The van der Waals surface area contributed by atoms with E-state index in [2.05, 4.69) is 9.97 Å². The Morgan fingerprint density at radius 1 is 1.24 bits per heavy atom. The second-order valence-corrected chi connectivity index (χ2v) is 7.39. The molecule has 4 heterocycles. The van der Waals surface area contributed by atoms with Gasteiger partial charge in [0.15, 0.2) is 0 Å². The minimum Gasteiger partial charge on any atom is -0.332 e. The number of aromatic nitrogens is 2. The van der Waals surface area contributed by atoms with Gasteiger partial charge in [-0.15, -0.1) is 0 Å². The Morgan fingerprint density at radius 3 is 2.80 bits per heavy atom. The summed E-state index contributed by atoms with van der Waals surface area (Å²) in [6.45, 7) is 4.72. The van der Waals surface area contributed by atoms with Crippen molar-refractivity contribution in [3.05, 3.63) is 47.4 Å². The summed E-state index contributed by atoms with van der Waals surface area (Å²) in [6.07, 6.45) is 4.97. The van der Waals surface area contributed by atoms with Crippen LogP contribution in [0.1, 0.15) is 41.0 Å². The maximum Gasteiger partial charge on any atom is 0.273 e. The highest BCUT2D eigenvalue weighted by Gasteiger charge is 2.42. The summed E-state index contributed by atoms with van der Waals surface area (Å²) < 4.78 is 0. The van der Waals surface area contributed by atoms with Crippen LogP contribution < -0.4 is 5.73 Å². The van der Waals surface area contributed by atoms with Gasteiger partial charge in [-0.25, -0.2) is 4.98 Å². The molecule has 3 unspecified atom stereocenters. The van der Waals surface area contributed by atoms with Gasteiger partial charge in [-0.2, -0.15) is 0 Å². The average molecular weight is 336 g/mol. The quantitative estimate of drug-likeness (QED) is 0.915. The van der Waals surface area contributed by atoms with Crippen molar-refractivity contribution in [3.63, 3.8) is 0 Å². The number of amides is 1. The summed E-state index contributed by atoms with van der Waals surface area (Å²) >= 11 is 0. The van der Waals surface area contributed by atoms with Crippen molar-refractivity contribution in [2.24, 2.45) is 11.7 Å². The summed E-state index contributed by atoms with van der Waals surface area (Å²) in [5, 5.41) is 0. The fraction of sp³-hybridized carbons (Fsp3) is 0.450. The summed E-state index contributed by atoms with van der Waals surface area (Å²) in [6, 6.07) is 8.04. The van der Waals surface area contributed by atoms with Crippen molar-refractivity contribution in [1.29, 1.82) is 0 Å². The minimum absolute atomic E-state index is 0.00592. The Balaban J connectivity index is 1.76. The van der Waals surface area contributed by atoms with Crippen molar-refractivity contribution in [2.45, 2.75) is 45.2 Å². The van der Waals surface area contributed by atoms with Gasteiger partial charge in [-0.3, -0.25) is 9.78 Å². The molecule has 5 heteroatoms. The number of hydrogen-bond acceptors (Lipinski definition) is 4. The molecule has 0 spiro atoms. The number of nitrogens with zero attached hydrogens (tertiary/aromatic N) is 3. The summed E-state index contributed by atoms with van der Waals surface area (Å²) in [5.41, 5.74) is 10.3. The smallest absolute Gasteiger partial charge is 0.273 e. The van der Waals surface area contributed by atoms with Crippen LogP contribution in [0.3, 0.4) is 0 Å². The minimum atomic E-state index is -0.00592. The fourth-order valence-corrected chi connectivity index (χ4v) is 4.29. The van der Waals surface area contributed by atoms with E-state index >= 15 is 0 Å². The molecule has 3 atom stereocenters. The first kappa shape index (κ1) is 16.2. The number of piperidine rings is 2. The Morgan fingerprint density at radius 2 is 2.08 bits per heavy atom. The molecule has 3 aliphatic rings. The Hall–Kier alpha value is -2.27. The fourth-order valence-electron chi connectivity index (χ4n) is 4.29. The number of fused-ring (bicyclic) bond motifs is 3. The molecule has 130 valence electrons. The predicted molar refractivity (Wildman–Crippen MR) is 97.1 cm³/mol. The van der Waals surface area contributed by atoms with Gasteiger partial charge in [0, 0.05) is 36.1 Å². The maximum absolute atomic E-state index is 13.4. The Bertz CT molecular complexity index is 819. The number of rotatable bonds is 2. The van der Waals surface area contributed by atoms with Crippen LogP contribution in [-0.2, 0) is 0 Å². The number of pyridine rings is 2. The molecule has 25 heavy (non-hydrogen) atoms. The highest BCUT2D eigenvalue weighted by Crippen LogP contribution is 2.36. The van der Waals surface area contributed by atoms with Gasteiger partial charge in [-0.1, -0.05) is 6.07 Å². The average Bonchev–Trinajstić information content (AvgIpc) is 2.62. The maximum atomic E-state index is 13.4. The van der Waals surface area contributed by atoms with Gasteiger partial charge >= 0.3 is 0 Å². The molecular formula is C20H24N4O. The van der Waals surface area contributed by atoms with Crippen LogP contribution in [0.25, 0.3) is 11.3 Å². The van der Waals surface area contributed by atoms with Gasteiger partial charge in [0.1, 0.15) is 5.69 Å². The summed E-state index contributed by atoms with van der Waals surface area (Å²) in [4.78, 5) is 24.4. The highest BCUT2D eigenvalue weighted by molar-refractivity contribution is 5.99. The van der Waals surface area contributed by atoms with Gasteiger partial charge in [-0.05, 0) is 62.8 Å². The number of nitrogens with two attached hydrogens (primary N) is 1. The molecule has 2 N–H and O–H groups in total. The molecule has 0 aromatic carbocycles. The second kappa shape index (κ2) is 6.23. The first-order valence-corrected chi connectivity index (χ1v) is 9.01. The van der Waals surface area contributed by atoms with E-state index in [-0.39, 0.29) is 18.0 Å². The molecule has 1 amide bonds. The van der Waals surface area contributed by atoms with E-state index in [9.17, 15) is 4.79 Å². The molecule has 5 rings (SSSR count). The van der Waals surface area contributed by atoms with E-state index in [1.165, 1.54) is 6.42 Å². The standard InChI is InChI=1S/C20H24N4O/c1-12-4-3-9-22-18(12)15-7-5-13(2)23-19(15)20(25)24-11-14-6-8-17(24)16(21)10-14/h3-5,7,9,14,16-17H,6,8,10-11,21H2,1-2H3. The van der Waals surface area contributed by atoms with Crippen LogP contribution in [0.2, 0.25) is 0 Å². The van der Waals surface area contributed by atoms with E-state index < -0.39 is 0 Å². The first-order chi connectivity index (χ1) is 12.0. The van der Waals surface area contributed by atoms with E-state index in [1.807, 2.05) is 43.0 Å². The lowest BCUT2D eigenvalue weighted by atomic mass is 9.76. The second-order valence-electron chi connectivity index (χ2n) is 7.39. The first-order valence-electron chi connectivity index (χ1n) is 9.01. The van der Waals surface area contributed by atoms with Crippen molar-refractivity contribution < 1.29 is 4.79 Å². The molecule has 2 aromatic heterocycles. The van der Waals surface area contributed by atoms with Crippen LogP contribution in [0.5, 0.6) is 0 Å². The molecular weight excluding hydrogens is 312 g/mol. The molecule has 5 nitrogen and oxygen atoms in total. The molecule has 1 aliphatic carbocycles. The van der Waals surface area contributed by atoms with Crippen LogP contribution in [0, 0.1) is 19.8 Å². The van der Waals surface area contributed by atoms with Crippen molar-refractivity contribution in [3.8, 4) is 11.3 Å². The van der Waals surface area contributed by atoms with E-state index in [4.69, 9.17) is 5.73 Å². The summed E-state index contributed by atoms with van der Waals surface area (Å²) in [5.74, 6) is 0.516. The summed E-state index contributed by atoms with van der Waals surface area (Å²) in [7, 11) is 0. The van der Waals surface area contributed by atoms with Crippen LogP contribution in [0.4, 0.5) is 0 Å². The van der Waals surface area contributed by atoms with Gasteiger partial charge in [0.25, 0.3) is 5.91 Å². The van der Waals surface area contributed by atoms with Crippen LogP contribution in [-0.4, -0.2) is 39.4 Å². The molecule has 2 saturated heterocycles. The van der Waals surface area contributed by atoms with E-state index in [1.54, 1.807) is 6.20 Å². The van der Waals surface area contributed by atoms with Crippen LogP contribution >= 0.6 is 0 Å². The Kier molecular flexibility index (Phi) is 4.04. The number of hydrogen-bond donors (Lipinski definition) is 1. The van der Waals surface area contributed by atoms with Crippen LogP contribution in [0.15, 0.2) is 30.5 Å². The topological polar surface area (TPSA) is 72.1 Å².